The second-order valence-corrected chi connectivity index (χ2v) is 7.53. The molecule has 2 aromatic rings. The standard InChI is InChI=1S/C23H21FN4O3/c24-20-9-19-18-3-2-14(6-16(18)13-31-21(19)8-15(20)10-25)7-17(11-26)28-23(29)22-12-27-4-1-5-30-22/h2-3,6,8-9,17,22,27H,1,4-5,7,12-13H2,(H,28,29)/t17-,22+/m1/s1. The molecule has 0 aromatic heterocycles. The maximum atomic E-state index is 14.1. The van der Waals surface area contributed by atoms with Gasteiger partial charge in [-0.2, -0.15) is 10.5 Å². The minimum Gasteiger partial charge on any atom is -0.488 e. The normalized spacial score (nSPS) is 18.2. The van der Waals surface area contributed by atoms with E-state index in [1.165, 1.54) is 12.1 Å². The molecule has 2 aliphatic heterocycles. The number of carbonyl (C=O) groups is 1. The Morgan fingerprint density at radius 1 is 1.29 bits per heavy atom. The van der Waals surface area contributed by atoms with E-state index in [0.29, 0.717) is 30.9 Å². The first-order chi connectivity index (χ1) is 15.1. The maximum Gasteiger partial charge on any atom is 0.251 e. The number of ether oxygens (including phenoxy) is 2. The van der Waals surface area contributed by atoms with Crippen LogP contribution in [0.1, 0.15) is 23.1 Å². The second-order valence-electron chi connectivity index (χ2n) is 7.53. The molecule has 2 N–H and O–H groups in total. The lowest BCUT2D eigenvalue weighted by Crippen LogP contribution is -2.46. The molecule has 31 heavy (non-hydrogen) atoms. The van der Waals surface area contributed by atoms with E-state index in [-0.39, 0.29) is 18.1 Å². The number of carbonyl (C=O) groups excluding carboxylic acids is 1. The number of nitriles is 2. The van der Waals surface area contributed by atoms with Gasteiger partial charge in [-0.3, -0.25) is 4.79 Å². The zero-order chi connectivity index (χ0) is 21.8. The minimum absolute atomic E-state index is 0.0562. The number of hydrogen-bond acceptors (Lipinski definition) is 6. The minimum atomic E-state index is -0.704. The van der Waals surface area contributed by atoms with Gasteiger partial charge in [0.25, 0.3) is 5.91 Å². The van der Waals surface area contributed by atoms with Gasteiger partial charge in [0.1, 0.15) is 36.4 Å². The van der Waals surface area contributed by atoms with Crippen molar-refractivity contribution in [3.63, 3.8) is 0 Å². The molecule has 0 unspecified atom stereocenters. The van der Waals surface area contributed by atoms with Crippen molar-refractivity contribution in [1.82, 2.24) is 10.6 Å². The second kappa shape index (κ2) is 9.13. The van der Waals surface area contributed by atoms with Crippen molar-refractivity contribution in [2.75, 3.05) is 19.7 Å². The number of nitrogens with zero attached hydrogens (tertiary/aromatic N) is 2. The third-order valence-electron chi connectivity index (χ3n) is 5.38. The first kappa shape index (κ1) is 20.8. The summed E-state index contributed by atoms with van der Waals surface area (Å²) in [5.41, 5.74) is 3.07. The molecular formula is C23H21FN4O3. The lowest BCUT2D eigenvalue weighted by Gasteiger charge is -2.22. The predicted octanol–water partition coefficient (Wildman–Crippen LogP) is 2.19. The van der Waals surface area contributed by atoms with Crippen LogP contribution in [0.2, 0.25) is 0 Å². The Kier molecular flexibility index (Phi) is 6.13. The monoisotopic (exact) mass is 420 g/mol. The highest BCUT2D eigenvalue weighted by atomic mass is 19.1. The number of halogens is 1. The molecule has 0 spiro atoms. The SMILES string of the molecule is N#Cc1cc2c(cc1F)-c1ccc(C[C@H](C#N)NC(=O)[C@@H]3CNCCCO3)cc1CO2. The van der Waals surface area contributed by atoms with Crippen molar-refractivity contribution in [2.45, 2.75) is 31.6 Å². The van der Waals surface area contributed by atoms with E-state index in [1.807, 2.05) is 24.3 Å². The van der Waals surface area contributed by atoms with Gasteiger partial charge in [0.05, 0.1) is 11.6 Å². The fourth-order valence-corrected chi connectivity index (χ4v) is 3.79. The highest BCUT2D eigenvalue weighted by molar-refractivity contribution is 5.81. The quantitative estimate of drug-likeness (QED) is 0.785. The lowest BCUT2D eigenvalue weighted by atomic mass is 9.93. The van der Waals surface area contributed by atoms with Gasteiger partial charge < -0.3 is 20.1 Å². The molecule has 2 aliphatic rings. The summed E-state index contributed by atoms with van der Waals surface area (Å²) < 4.78 is 25.4. The van der Waals surface area contributed by atoms with Gasteiger partial charge in [-0.15, -0.1) is 0 Å². The molecule has 2 heterocycles. The van der Waals surface area contributed by atoms with E-state index < -0.39 is 18.0 Å². The molecule has 8 heteroatoms. The van der Waals surface area contributed by atoms with Gasteiger partial charge >= 0.3 is 0 Å². The van der Waals surface area contributed by atoms with Gasteiger partial charge in [0, 0.05) is 31.2 Å². The highest BCUT2D eigenvalue weighted by Gasteiger charge is 2.24. The van der Waals surface area contributed by atoms with Gasteiger partial charge in [-0.05, 0) is 35.7 Å². The molecule has 2 aromatic carbocycles. The molecular weight excluding hydrogens is 399 g/mol. The van der Waals surface area contributed by atoms with E-state index in [9.17, 15) is 14.4 Å². The molecule has 2 atom stereocenters. The van der Waals surface area contributed by atoms with Crippen molar-refractivity contribution in [1.29, 1.82) is 10.5 Å². The third kappa shape index (κ3) is 4.51. The van der Waals surface area contributed by atoms with Crippen LogP contribution in [0.3, 0.4) is 0 Å². The number of nitrogens with one attached hydrogen (secondary N) is 2. The van der Waals surface area contributed by atoms with Gasteiger partial charge in [0.2, 0.25) is 0 Å². The summed E-state index contributed by atoms with van der Waals surface area (Å²) >= 11 is 0. The smallest absolute Gasteiger partial charge is 0.251 e. The van der Waals surface area contributed by atoms with Crippen molar-refractivity contribution >= 4 is 5.91 Å². The van der Waals surface area contributed by atoms with Gasteiger partial charge in [0.15, 0.2) is 0 Å². The first-order valence-electron chi connectivity index (χ1n) is 10.1. The van der Waals surface area contributed by atoms with Crippen LogP contribution in [0.4, 0.5) is 4.39 Å². The molecule has 7 nitrogen and oxygen atoms in total. The average molecular weight is 420 g/mol. The van der Waals surface area contributed by atoms with Crippen LogP contribution < -0.4 is 15.4 Å². The van der Waals surface area contributed by atoms with E-state index >= 15 is 0 Å². The van der Waals surface area contributed by atoms with E-state index in [1.54, 1.807) is 0 Å². The molecule has 158 valence electrons. The highest BCUT2D eigenvalue weighted by Crippen LogP contribution is 2.39. The zero-order valence-electron chi connectivity index (χ0n) is 16.8. The van der Waals surface area contributed by atoms with Crippen LogP contribution in [-0.4, -0.2) is 37.7 Å². The van der Waals surface area contributed by atoms with Crippen LogP contribution in [0.15, 0.2) is 30.3 Å². The summed E-state index contributed by atoms with van der Waals surface area (Å²) in [6.07, 6.45) is 0.553. The molecule has 4 rings (SSSR count). The molecule has 0 saturated carbocycles. The van der Waals surface area contributed by atoms with Gasteiger partial charge in [-0.1, -0.05) is 18.2 Å². The van der Waals surface area contributed by atoms with Crippen molar-refractivity contribution in [3.05, 3.63) is 52.8 Å². The molecule has 1 fully saturated rings. The van der Waals surface area contributed by atoms with Crippen LogP contribution >= 0.6 is 0 Å². The molecule has 0 radical (unpaired) electrons. The summed E-state index contributed by atoms with van der Waals surface area (Å²) in [5.74, 6) is -0.429. The lowest BCUT2D eigenvalue weighted by molar-refractivity contribution is -0.132. The molecule has 1 amide bonds. The molecule has 1 saturated heterocycles. The van der Waals surface area contributed by atoms with Crippen molar-refractivity contribution in [2.24, 2.45) is 0 Å². The maximum absolute atomic E-state index is 14.1. The summed E-state index contributed by atoms with van der Waals surface area (Å²) in [6.45, 7) is 2.00. The van der Waals surface area contributed by atoms with Crippen molar-refractivity contribution in [3.8, 4) is 29.0 Å². The fourth-order valence-electron chi connectivity index (χ4n) is 3.79. The fraction of sp³-hybridized carbons (Fsp3) is 0.348. The zero-order valence-corrected chi connectivity index (χ0v) is 16.8. The summed E-state index contributed by atoms with van der Waals surface area (Å²) in [7, 11) is 0. The number of benzene rings is 2. The number of rotatable bonds is 4. The molecule has 0 aliphatic carbocycles. The Morgan fingerprint density at radius 3 is 2.97 bits per heavy atom. The Bertz CT molecular complexity index is 1080. The van der Waals surface area contributed by atoms with Crippen LogP contribution in [-0.2, 0) is 22.6 Å². The van der Waals surface area contributed by atoms with Crippen LogP contribution in [0.5, 0.6) is 5.75 Å². The largest absolute Gasteiger partial charge is 0.488 e. The van der Waals surface area contributed by atoms with Crippen LogP contribution in [0.25, 0.3) is 11.1 Å². The Labute approximate surface area is 179 Å². The Balaban J connectivity index is 1.49. The average Bonchev–Trinajstić information content (AvgIpc) is 3.07. The summed E-state index contributed by atoms with van der Waals surface area (Å²) in [6, 6.07) is 11.6. The Morgan fingerprint density at radius 2 is 2.16 bits per heavy atom. The number of fused-ring (bicyclic) bond motifs is 3. The number of hydrogen-bond donors (Lipinski definition) is 2. The van der Waals surface area contributed by atoms with E-state index in [4.69, 9.17) is 14.7 Å². The molecule has 0 bridgehead atoms. The predicted molar refractivity (Wildman–Crippen MR) is 109 cm³/mol. The van der Waals surface area contributed by atoms with Crippen molar-refractivity contribution < 1.29 is 18.7 Å². The Hall–Kier alpha value is -3.46. The van der Waals surface area contributed by atoms with Gasteiger partial charge in [-0.25, -0.2) is 4.39 Å². The number of amides is 1. The van der Waals surface area contributed by atoms with E-state index in [0.717, 1.165) is 29.7 Å². The van der Waals surface area contributed by atoms with E-state index in [2.05, 4.69) is 16.7 Å². The third-order valence-corrected chi connectivity index (χ3v) is 5.38. The topological polar surface area (TPSA) is 107 Å². The van der Waals surface area contributed by atoms with Crippen LogP contribution in [0, 0.1) is 28.5 Å². The summed E-state index contributed by atoms with van der Waals surface area (Å²) in [4.78, 5) is 12.5. The first-order valence-corrected chi connectivity index (χ1v) is 10.1. The summed E-state index contributed by atoms with van der Waals surface area (Å²) in [5, 5.41) is 24.4.